The summed E-state index contributed by atoms with van der Waals surface area (Å²) in [5.74, 6) is 0. The van der Waals surface area contributed by atoms with Gasteiger partial charge in [0.1, 0.15) is 11.2 Å². The minimum Gasteiger partial charge on any atom is -0.456 e. The summed E-state index contributed by atoms with van der Waals surface area (Å²) in [6.45, 7) is 0. The highest BCUT2D eigenvalue weighted by Gasteiger charge is 2.49. The molecule has 0 atom stereocenters. The van der Waals surface area contributed by atoms with E-state index in [4.69, 9.17) is 4.42 Å². The van der Waals surface area contributed by atoms with E-state index in [2.05, 4.69) is 229 Å². The molecule has 268 valence electrons. The Hall–Kier alpha value is -7.42. The summed E-state index contributed by atoms with van der Waals surface area (Å²) < 4.78 is 7.16. The Bertz CT molecular complexity index is 2910. The van der Waals surface area contributed by atoms with Gasteiger partial charge in [-0.2, -0.15) is 0 Å². The second-order valence-electron chi connectivity index (χ2n) is 14.8. The minimum absolute atomic E-state index is 0.719. The average Bonchev–Trinajstić information content (AvgIpc) is 3.82. The van der Waals surface area contributed by atoms with Crippen LogP contribution < -0.4 is 4.90 Å². The predicted molar refractivity (Wildman–Crippen MR) is 237 cm³/mol. The van der Waals surface area contributed by atoms with E-state index >= 15 is 0 Å². The monoisotopic (exact) mass is 727 g/mol. The van der Waals surface area contributed by atoms with E-state index in [1.165, 1.54) is 50.1 Å². The number of furan rings is 1. The van der Waals surface area contributed by atoms with Gasteiger partial charge >= 0.3 is 0 Å². The van der Waals surface area contributed by atoms with Crippen molar-refractivity contribution in [2.45, 2.75) is 5.41 Å². The molecule has 1 aliphatic carbocycles. The Morgan fingerprint density at radius 2 is 0.807 bits per heavy atom. The Morgan fingerprint density at radius 1 is 0.351 bits per heavy atom. The van der Waals surface area contributed by atoms with E-state index in [0.717, 1.165) is 44.6 Å². The number of para-hydroxylation sites is 1. The zero-order chi connectivity index (χ0) is 37.8. The molecule has 0 saturated carbocycles. The Kier molecular flexibility index (Phi) is 7.75. The van der Waals surface area contributed by atoms with Crippen LogP contribution in [0.3, 0.4) is 0 Å². The van der Waals surface area contributed by atoms with E-state index < -0.39 is 5.41 Å². The van der Waals surface area contributed by atoms with Crippen molar-refractivity contribution < 1.29 is 4.42 Å². The summed E-state index contributed by atoms with van der Waals surface area (Å²) in [5.41, 5.74) is 16.2. The average molecular weight is 728 g/mol. The van der Waals surface area contributed by atoms with E-state index in [1.807, 2.05) is 0 Å². The maximum absolute atomic E-state index is 7.16. The second kappa shape index (κ2) is 13.4. The molecule has 9 aromatic carbocycles. The lowest BCUT2D eigenvalue weighted by molar-refractivity contribution is 0.648. The van der Waals surface area contributed by atoms with Crippen LogP contribution >= 0.6 is 0 Å². The van der Waals surface area contributed by atoms with Crippen LogP contribution in [0.25, 0.3) is 55.3 Å². The molecule has 0 bridgehead atoms. The third kappa shape index (κ3) is 5.18. The normalized spacial score (nSPS) is 12.7. The van der Waals surface area contributed by atoms with Crippen molar-refractivity contribution >= 4 is 39.0 Å². The molecule has 1 aromatic heterocycles. The first-order chi connectivity index (χ1) is 28.3. The van der Waals surface area contributed by atoms with Crippen LogP contribution in [0.1, 0.15) is 22.3 Å². The van der Waals surface area contributed by atoms with Crippen LogP contribution in [0.2, 0.25) is 0 Å². The molecule has 10 aromatic rings. The van der Waals surface area contributed by atoms with Gasteiger partial charge in [-0.25, -0.2) is 0 Å². The lowest BCUT2D eigenvalue weighted by atomic mass is 9.66. The summed E-state index contributed by atoms with van der Waals surface area (Å²) in [6, 6.07) is 81.1. The number of benzene rings is 9. The Morgan fingerprint density at radius 3 is 1.37 bits per heavy atom. The molecule has 2 nitrogen and oxygen atoms in total. The maximum atomic E-state index is 7.16. The van der Waals surface area contributed by atoms with Gasteiger partial charge in [0.05, 0.1) is 11.1 Å². The van der Waals surface area contributed by atoms with Crippen LogP contribution in [0.15, 0.2) is 229 Å². The quantitative estimate of drug-likeness (QED) is 0.163. The van der Waals surface area contributed by atoms with Crippen LogP contribution in [-0.4, -0.2) is 0 Å². The molecule has 0 amide bonds. The zero-order valence-corrected chi connectivity index (χ0v) is 31.2. The molecular formula is C55H37NO. The molecule has 0 aliphatic heterocycles. The summed E-state index contributed by atoms with van der Waals surface area (Å²) >= 11 is 0. The van der Waals surface area contributed by atoms with Crippen molar-refractivity contribution in [3.8, 4) is 33.4 Å². The molecule has 0 spiro atoms. The number of anilines is 3. The summed E-state index contributed by atoms with van der Waals surface area (Å²) in [7, 11) is 0. The topological polar surface area (TPSA) is 16.4 Å². The van der Waals surface area contributed by atoms with Crippen molar-refractivity contribution in [1.29, 1.82) is 0 Å². The summed E-state index contributed by atoms with van der Waals surface area (Å²) in [5, 5.41) is 2.20. The SMILES string of the molecule is c1ccc(-c2ccc(N(c3ccc(-c4ccccc4)cc3)c3ccc4c(oc5ccccc54)c3C3(c4ccccc4)c4ccccc4-c4ccccc43)cc2)cc1. The molecule has 11 rings (SSSR count). The van der Waals surface area contributed by atoms with Crippen LogP contribution in [0, 0.1) is 0 Å². The number of hydrogen-bond donors (Lipinski definition) is 0. The molecule has 2 heteroatoms. The summed E-state index contributed by atoms with van der Waals surface area (Å²) in [4.78, 5) is 2.43. The van der Waals surface area contributed by atoms with Gasteiger partial charge in [0, 0.05) is 27.7 Å². The maximum Gasteiger partial charge on any atom is 0.142 e. The van der Waals surface area contributed by atoms with Crippen molar-refractivity contribution in [1.82, 2.24) is 0 Å². The van der Waals surface area contributed by atoms with Gasteiger partial charge in [-0.3, -0.25) is 0 Å². The number of rotatable bonds is 7. The van der Waals surface area contributed by atoms with E-state index in [-0.39, 0.29) is 0 Å². The molecule has 0 N–H and O–H groups in total. The smallest absolute Gasteiger partial charge is 0.142 e. The Labute approximate surface area is 332 Å². The Balaban J connectivity index is 1.26. The van der Waals surface area contributed by atoms with Crippen LogP contribution in [0.4, 0.5) is 17.1 Å². The highest BCUT2D eigenvalue weighted by Crippen LogP contribution is 2.60. The fraction of sp³-hybridized carbons (Fsp3) is 0.0182. The van der Waals surface area contributed by atoms with Crippen LogP contribution in [0.5, 0.6) is 0 Å². The van der Waals surface area contributed by atoms with Gasteiger partial charge in [-0.1, -0.05) is 182 Å². The van der Waals surface area contributed by atoms with Crippen molar-refractivity contribution in [3.63, 3.8) is 0 Å². The highest BCUT2D eigenvalue weighted by atomic mass is 16.3. The van der Waals surface area contributed by atoms with Gasteiger partial charge in [0.2, 0.25) is 0 Å². The molecule has 0 unspecified atom stereocenters. The largest absolute Gasteiger partial charge is 0.456 e. The van der Waals surface area contributed by atoms with Gasteiger partial charge < -0.3 is 9.32 Å². The van der Waals surface area contributed by atoms with Crippen molar-refractivity contribution in [2.75, 3.05) is 4.90 Å². The number of hydrogen-bond acceptors (Lipinski definition) is 2. The van der Waals surface area contributed by atoms with Gasteiger partial charge in [-0.15, -0.1) is 0 Å². The first-order valence-electron chi connectivity index (χ1n) is 19.6. The number of nitrogens with zero attached hydrogens (tertiary/aromatic N) is 1. The number of fused-ring (bicyclic) bond motifs is 6. The minimum atomic E-state index is -0.719. The van der Waals surface area contributed by atoms with E-state index in [9.17, 15) is 0 Å². The van der Waals surface area contributed by atoms with Gasteiger partial charge in [-0.05, 0) is 92.5 Å². The third-order valence-corrected chi connectivity index (χ3v) is 11.8. The second-order valence-corrected chi connectivity index (χ2v) is 14.8. The first kappa shape index (κ1) is 33.0. The predicted octanol–water partition coefficient (Wildman–Crippen LogP) is 14.8. The van der Waals surface area contributed by atoms with Crippen molar-refractivity contribution in [2.24, 2.45) is 0 Å². The van der Waals surface area contributed by atoms with Gasteiger partial charge in [0.25, 0.3) is 0 Å². The van der Waals surface area contributed by atoms with E-state index in [1.54, 1.807) is 0 Å². The molecule has 57 heavy (non-hydrogen) atoms. The zero-order valence-electron chi connectivity index (χ0n) is 31.2. The third-order valence-electron chi connectivity index (χ3n) is 11.8. The molecule has 0 radical (unpaired) electrons. The lowest BCUT2D eigenvalue weighted by Crippen LogP contribution is -2.31. The fourth-order valence-corrected chi connectivity index (χ4v) is 9.27. The fourth-order valence-electron chi connectivity index (χ4n) is 9.27. The van der Waals surface area contributed by atoms with E-state index in [0.29, 0.717) is 0 Å². The van der Waals surface area contributed by atoms with Gasteiger partial charge in [0.15, 0.2) is 0 Å². The first-order valence-corrected chi connectivity index (χ1v) is 19.6. The van der Waals surface area contributed by atoms with Crippen LogP contribution in [-0.2, 0) is 5.41 Å². The standard InChI is InChI=1S/C55H37NO/c1-4-16-38(17-5-1)40-28-32-43(33-29-40)56(44-34-30-41(31-35-44)39-18-6-2-7-19-39)51-37-36-48-47-24-12-15-27-52(47)57-54(48)53(51)55(42-20-8-3-9-21-42)49-25-13-10-22-45(49)46-23-11-14-26-50(46)55/h1-37H. The molecule has 1 aliphatic rings. The molecule has 1 heterocycles. The van der Waals surface area contributed by atoms with Crippen molar-refractivity contribution in [3.05, 3.63) is 247 Å². The molecular weight excluding hydrogens is 691 g/mol. The lowest BCUT2D eigenvalue weighted by Gasteiger charge is -2.38. The summed E-state index contributed by atoms with van der Waals surface area (Å²) in [6.07, 6.45) is 0. The molecule has 0 fully saturated rings. The molecule has 0 saturated heterocycles. The highest BCUT2D eigenvalue weighted by molar-refractivity contribution is 6.09.